The number of nitrogens with two attached hydrogens (primary N) is 1. The van der Waals surface area contributed by atoms with E-state index < -0.39 is 0 Å². The summed E-state index contributed by atoms with van der Waals surface area (Å²) >= 11 is 0. The average Bonchev–Trinajstić information content (AvgIpc) is 3.19. The maximum atomic E-state index is 12.1. The second-order valence-corrected chi connectivity index (χ2v) is 6.93. The Balaban J connectivity index is 1.48. The molecule has 0 bridgehead atoms. The molecule has 0 saturated heterocycles. The van der Waals surface area contributed by atoms with Crippen LogP contribution in [-0.4, -0.2) is 17.5 Å². The highest BCUT2D eigenvalue weighted by atomic mass is 16.1. The quantitative estimate of drug-likeness (QED) is 0.874. The molecule has 0 unspecified atom stereocenters. The summed E-state index contributed by atoms with van der Waals surface area (Å²) in [7, 11) is 0. The lowest BCUT2D eigenvalue weighted by Crippen LogP contribution is -2.37. The molecule has 1 aromatic rings. The molecule has 3 rings (SSSR count). The minimum Gasteiger partial charge on any atom is -0.353 e. The zero-order valence-corrected chi connectivity index (χ0v) is 12.7. The lowest BCUT2D eigenvalue weighted by molar-refractivity contribution is -0.121. The zero-order chi connectivity index (χ0) is 14.7. The monoisotopic (exact) mass is 286 g/mol. The van der Waals surface area contributed by atoms with Gasteiger partial charge in [0.2, 0.25) is 5.91 Å². The Bertz CT molecular complexity index is 484. The number of nitrogens with one attached hydrogen (secondary N) is 1. The van der Waals surface area contributed by atoms with Crippen molar-refractivity contribution in [2.24, 2.45) is 5.73 Å². The van der Waals surface area contributed by atoms with Gasteiger partial charge in [0.15, 0.2) is 0 Å². The van der Waals surface area contributed by atoms with Gasteiger partial charge in [0.05, 0.1) is 6.42 Å². The number of hydrogen-bond donors (Lipinski definition) is 2. The summed E-state index contributed by atoms with van der Waals surface area (Å²) in [6.07, 6.45) is 9.83. The highest BCUT2D eigenvalue weighted by Crippen LogP contribution is 2.35. The van der Waals surface area contributed by atoms with Crippen molar-refractivity contribution in [1.29, 1.82) is 0 Å². The van der Waals surface area contributed by atoms with E-state index >= 15 is 0 Å². The summed E-state index contributed by atoms with van der Waals surface area (Å²) in [4.78, 5) is 12.1. The predicted octanol–water partition coefficient (Wildman–Crippen LogP) is 2.71. The van der Waals surface area contributed by atoms with Gasteiger partial charge in [-0.05, 0) is 43.2 Å². The molecule has 21 heavy (non-hydrogen) atoms. The van der Waals surface area contributed by atoms with E-state index in [4.69, 9.17) is 5.73 Å². The third kappa shape index (κ3) is 4.31. The van der Waals surface area contributed by atoms with Gasteiger partial charge >= 0.3 is 0 Å². The normalized spacial score (nSPS) is 21.0. The number of hydrogen-bond acceptors (Lipinski definition) is 2. The standard InChI is InChI=1S/C18H26N2O/c19-18(10-11-18)13-15-8-6-14(7-9-15)12-17(21)20-16-4-2-1-3-5-16/h6-9,16H,1-5,10-13,19H2,(H,20,21). The van der Waals surface area contributed by atoms with Crippen LogP contribution in [0.3, 0.4) is 0 Å². The topological polar surface area (TPSA) is 55.1 Å². The molecule has 0 spiro atoms. The molecule has 2 fully saturated rings. The summed E-state index contributed by atoms with van der Waals surface area (Å²) < 4.78 is 0. The highest BCUT2D eigenvalue weighted by molar-refractivity contribution is 5.78. The fraction of sp³-hybridized carbons (Fsp3) is 0.611. The van der Waals surface area contributed by atoms with Gasteiger partial charge in [-0.15, -0.1) is 0 Å². The number of carbonyl (C=O) groups excluding carboxylic acids is 1. The summed E-state index contributed by atoms with van der Waals surface area (Å²) in [5, 5.41) is 3.17. The molecule has 0 radical (unpaired) electrons. The summed E-state index contributed by atoms with van der Waals surface area (Å²) in [5.74, 6) is 0.159. The SMILES string of the molecule is NC1(Cc2ccc(CC(=O)NC3CCCCC3)cc2)CC1. The predicted molar refractivity (Wildman–Crippen MR) is 85.0 cm³/mol. The van der Waals surface area contributed by atoms with Crippen molar-refractivity contribution in [3.05, 3.63) is 35.4 Å². The molecule has 2 aliphatic carbocycles. The fourth-order valence-corrected chi connectivity index (χ4v) is 3.23. The molecule has 1 amide bonds. The zero-order valence-electron chi connectivity index (χ0n) is 12.7. The van der Waals surface area contributed by atoms with Gasteiger partial charge in [0.25, 0.3) is 0 Å². The third-order valence-corrected chi connectivity index (χ3v) is 4.81. The van der Waals surface area contributed by atoms with Crippen molar-refractivity contribution in [1.82, 2.24) is 5.32 Å². The van der Waals surface area contributed by atoms with E-state index in [0.29, 0.717) is 12.5 Å². The van der Waals surface area contributed by atoms with E-state index in [1.807, 2.05) is 0 Å². The Morgan fingerprint density at radius 1 is 1.10 bits per heavy atom. The van der Waals surface area contributed by atoms with Crippen molar-refractivity contribution in [2.45, 2.75) is 69.4 Å². The Morgan fingerprint density at radius 3 is 2.33 bits per heavy atom. The van der Waals surface area contributed by atoms with Crippen LogP contribution in [0.15, 0.2) is 24.3 Å². The van der Waals surface area contributed by atoms with Crippen LogP contribution in [0.1, 0.15) is 56.1 Å². The molecule has 0 heterocycles. The molecule has 0 aliphatic heterocycles. The van der Waals surface area contributed by atoms with Gasteiger partial charge in [-0.3, -0.25) is 4.79 Å². The highest BCUT2D eigenvalue weighted by Gasteiger charge is 2.37. The van der Waals surface area contributed by atoms with Crippen LogP contribution in [0.25, 0.3) is 0 Å². The van der Waals surface area contributed by atoms with Crippen LogP contribution in [0, 0.1) is 0 Å². The summed E-state index contributed by atoms with van der Waals surface area (Å²) in [6, 6.07) is 8.78. The molecule has 3 N–H and O–H groups in total. The van der Waals surface area contributed by atoms with E-state index in [9.17, 15) is 4.79 Å². The maximum Gasteiger partial charge on any atom is 0.224 e. The minimum atomic E-state index is 0.0554. The molecule has 3 heteroatoms. The molecular formula is C18H26N2O. The van der Waals surface area contributed by atoms with Crippen LogP contribution >= 0.6 is 0 Å². The first kappa shape index (κ1) is 14.6. The largest absolute Gasteiger partial charge is 0.353 e. The smallest absolute Gasteiger partial charge is 0.224 e. The number of benzene rings is 1. The summed E-state index contributed by atoms with van der Waals surface area (Å²) in [5.41, 5.74) is 8.57. The van der Waals surface area contributed by atoms with Gasteiger partial charge in [0.1, 0.15) is 0 Å². The van der Waals surface area contributed by atoms with E-state index in [2.05, 4.69) is 29.6 Å². The Kier molecular flexibility index (Phi) is 4.29. The number of carbonyl (C=O) groups is 1. The Hall–Kier alpha value is -1.35. The summed E-state index contributed by atoms with van der Waals surface area (Å²) in [6.45, 7) is 0. The third-order valence-electron chi connectivity index (χ3n) is 4.81. The average molecular weight is 286 g/mol. The van der Waals surface area contributed by atoms with Gasteiger partial charge < -0.3 is 11.1 Å². The van der Waals surface area contributed by atoms with Crippen molar-refractivity contribution < 1.29 is 4.79 Å². The number of amides is 1. The molecule has 1 aromatic carbocycles. The van der Waals surface area contributed by atoms with Crippen LogP contribution < -0.4 is 11.1 Å². The van der Waals surface area contributed by atoms with E-state index in [1.165, 1.54) is 24.8 Å². The maximum absolute atomic E-state index is 12.1. The molecule has 114 valence electrons. The Labute approximate surface area is 127 Å². The Morgan fingerprint density at radius 2 is 1.71 bits per heavy atom. The van der Waals surface area contributed by atoms with Crippen molar-refractivity contribution in [3.8, 4) is 0 Å². The van der Waals surface area contributed by atoms with Crippen molar-refractivity contribution >= 4 is 5.91 Å². The molecule has 2 saturated carbocycles. The lowest BCUT2D eigenvalue weighted by Gasteiger charge is -2.22. The molecular weight excluding hydrogens is 260 g/mol. The van der Waals surface area contributed by atoms with Crippen LogP contribution in [0.5, 0.6) is 0 Å². The number of rotatable bonds is 5. The van der Waals surface area contributed by atoms with Crippen molar-refractivity contribution in [3.63, 3.8) is 0 Å². The van der Waals surface area contributed by atoms with E-state index in [0.717, 1.165) is 37.7 Å². The van der Waals surface area contributed by atoms with Gasteiger partial charge in [-0.2, -0.15) is 0 Å². The molecule has 0 atom stereocenters. The second kappa shape index (κ2) is 6.18. The fourth-order valence-electron chi connectivity index (χ4n) is 3.23. The minimum absolute atomic E-state index is 0.0554. The van der Waals surface area contributed by atoms with Crippen molar-refractivity contribution in [2.75, 3.05) is 0 Å². The van der Waals surface area contributed by atoms with Crippen LogP contribution in [-0.2, 0) is 17.6 Å². The van der Waals surface area contributed by atoms with Gasteiger partial charge in [0, 0.05) is 11.6 Å². The van der Waals surface area contributed by atoms with Gasteiger partial charge in [-0.1, -0.05) is 43.5 Å². The van der Waals surface area contributed by atoms with E-state index in [1.54, 1.807) is 0 Å². The first-order valence-corrected chi connectivity index (χ1v) is 8.29. The first-order chi connectivity index (χ1) is 10.1. The van der Waals surface area contributed by atoms with E-state index in [-0.39, 0.29) is 11.4 Å². The molecule has 2 aliphatic rings. The molecule has 0 aromatic heterocycles. The van der Waals surface area contributed by atoms with Crippen LogP contribution in [0.2, 0.25) is 0 Å². The van der Waals surface area contributed by atoms with Gasteiger partial charge in [-0.25, -0.2) is 0 Å². The van der Waals surface area contributed by atoms with Crippen LogP contribution in [0.4, 0.5) is 0 Å². The lowest BCUT2D eigenvalue weighted by atomic mass is 9.95. The first-order valence-electron chi connectivity index (χ1n) is 8.29. The molecule has 3 nitrogen and oxygen atoms in total. The second-order valence-electron chi connectivity index (χ2n) is 6.93.